The Kier molecular flexibility index (Phi) is 29.4. The van der Waals surface area contributed by atoms with Crippen LogP contribution in [0.25, 0.3) is 0 Å². The Labute approximate surface area is 417 Å². The van der Waals surface area contributed by atoms with Crippen LogP contribution in [0.4, 0.5) is 0 Å². The minimum absolute atomic E-state index is 0.0762. The molecule has 9 amide bonds. The van der Waals surface area contributed by atoms with Gasteiger partial charge in [0, 0.05) is 51.9 Å². The van der Waals surface area contributed by atoms with Crippen LogP contribution in [0.2, 0.25) is 0 Å². The number of nitrogens with one attached hydrogen (secondary N) is 10. The van der Waals surface area contributed by atoms with Gasteiger partial charge >= 0.3 is 0 Å². The van der Waals surface area contributed by atoms with Crippen LogP contribution >= 0.6 is 11.8 Å². The van der Waals surface area contributed by atoms with Crippen LogP contribution in [-0.4, -0.2) is 140 Å². The number of carbonyl (C=O) groups is 9. The molecule has 0 saturated carbocycles. The molecule has 70 heavy (non-hydrogen) atoms. The second kappa shape index (κ2) is 34.0. The number of nitrogens with two attached hydrogens (primary N) is 1. The second-order valence-electron chi connectivity index (χ2n) is 18.4. The molecule has 0 bridgehead atoms. The van der Waals surface area contributed by atoms with Crippen LogP contribution in [0.15, 0.2) is 16.6 Å². The zero-order chi connectivity index (χ0) is 51.9. The molecule has 0 aromatic heterocycles. The van der Waals surface area contributed by atoms with Gasteiger partial charge in [-0.25, -0.2) is 0 Å². The highest BCUT2D eigenvalue weighted by atomic mass is 32.2. The van der Waals surface area contributed by atoms with Gasteiger partial charge in [-0.3, -0.25) is 48.1 Å². The first-order valence-electron chi connectivity index (χ1n) is 24.9. The lowest BCUT2D eigenvalue weighted by atomic mass is 9.87. The number of aliphatic hydroxyl groups excluding tert-OH is 1. The molecule has 13 N–H and O–H groups in total. The van der Waals surface area contributed by atoms with Crippen molar-refractivity contribution in [2.45, 2.75) is 179 Å². The zero-order valence-corrected chi connectivity index (χ0v) is 42.8. The standard InChI is InChI=1S/C47H82N12O10S/c1-31(2)26-34-41(65)53-28-39(63)55-36(29-60)42(66)51-24-25-70-30-47(45(69)58-33(44(68)59-47)21-22-37(48)61)27-35(43(67)56-34)57-40(64)32(3)54-38(62)20-18-16-14-12-10-8-6-7-9-11-13-15-17-19-23-52-46(49-4)50-5/h24-25,31-36,60H,6-23,26-30H2,1-5H3,(H2,48,61)(H,51,66)(H,53,65)(H,54,62)(H,55,63)(H,56,67)(H,57,64)(H,58,69)(H,59,68)(H2,49,50,52)/b25-24-. The third-order valence-electron chi connectivity index (χ3n) is 12.0. The molecule has 2 aliphatic rings. The van der Waals surface area contributed by atoms with Crippen molar-refractivity contribution in [3.05, 3.63) is 11.6 Å². The van der Waals surface area contributed by atoms with E-state index in [1.54, 1.807) is 20.9 Å². The molecule has 6 unspecified atom stereocenters. The molecule has 1 spiro atoms. The molecule has 0 radical (unpaired) electrons. The Hall–Kier alpha value is -5.45. The van der Waals surface area contributed by atoms with Gasteiger partial charge in [-0.2, -0.15) is 0 Å². The zero-order valence-electron chi connectivity index (χ0n) is 41.9. The Morgan fingerprint density at radius 3 is 1.99 bits per heavy atom. The first-order chi connectivity index (χ1) is 33.4. The highest BCUT2D eigenvalue weighted by Crippen LogP contribution is 2.26. The summed E-state index contributed by atoms with van der Waals surface area (Å²) in [6, 6.07) is -6.51. The van der Waals surface area contributed by atoms with E-state index in [9.17, 15) is 48.3 Å². The summed E-state index contributed by atoms with van der Waals surface area (Å²) in [7, 11) is 3.62. The van der Waals surface area contributed by atoms with Crippen molar-refractivity contribution in [1.82, 2.24) is 53.2 Å². The molecule has 2 rings (SSSR count). The third-order valence-corrected chi connectivity index (χ3v) is 12.9. The van der Waals surface area contributed by atoms with E-state index in [2.05, 4.69) is 58.2 Å². The highest BCUT2D eigenvalue weighted by molar-refractivity contribution is 8.02. The van der Waals surface area contributed by atoms with Gasteiger partial charge in [-0.1, -0.05) is 90.9 Å². The fraction of sp³-hybridized carbons (Fsp3) is 0.745. The number of unbranched alkanes of at least 4 members (excludes halogenated alkanes) is 13. The van der Waals surface area contributed by atoms with Crippen molar-refractivity contribution in [2.75, 3.05) is 39.5 Å². The maximum Gasteiger partial charge on any atom is 0.248 e. The number of thioether (sulfide) groups is 1. The third kappa shape index (κ3) is 23.9. The van der Waals surface area contributed by atoms with Crippen LogP contribution in [0.5, 0.6) is 0 Å². The van der Waals surface area contributed by atoms with E-state index >= 15 is 0 Å². The van der Waals surface area contributed by atoms with E-state index in [-0.39, 0.29) is 43.3 Å². The minimum Gasteiger partial charge on any atom is -0.394 e. The topological polar surface area (TPSA) is 333 Å². The monoisotopic (exact) mass is 1010 g/mol. The number of aliphatic imine (C=N–C) groups is 1. The number of guanidine groups is 1. The minimum atomic E-state index is -1.90. The molecule has 6 atom stereocenters. The van der Waals surface area contributed by atoms with Crippen molar-refractivity contribution in [2.24, 2.45) is 16.6 Å². The predicted molar refractivity (Wildman–Crippen MR) is 268 cm³/mol. The predicted octanol–water partition coefficient (Wildman–Crippen LogP) is 0.0896. The largest absolute Gasteiger partial charge is 0.394 e. The van der Waals surface area contributed by atoms with Gasteiger partial charge in [-0.05, 0) is 43.9 Å². The molecule has 0 aliphatic carbocycles. The highest BCUT2D eigenvalue weighted by Gasteiger charge is 2.49. The van der Waals surface area contributed by atoms with Crippen LogP contribution in [-0.2, 0) is 43.2 Å². The first kappa shape index (κ1) is 60.7. The average Bonchev–Trinajstić information content (AvgIpc) is 3.31. The van der Waals surface area contributed by atoms with Crippen molar-refractivity contribution in [1.29, 1.82) is 0 Å². The number of rotatable bonds is 26. The van der Waals surface area contributed by atoms with Crippen molar-refractivity contribution in [3.8, 4) is 0 Å². The second-order valence-corrected chi connectivity index (χ2v) is 19.3. The molecule has 22 nitrogen and oxygen atoms in total. The summed E-state index contributed by atoms with van der Waals surface area (Å²) in [5.41, 5.74) is 3.39. The molecule has 23 heteroatoms. The fourth-order valence-electron chi connectivity index (χ4n) is 7.95. The fourth-order valence-corrected chi connectivity index (χ4v) is 8.81. The lowest BCUT2D eigenvalue weighted by Gasteiger charge is -2.41. The summed E-state index contributed by atoms with van der Waals surface area (Å²) in [6.45, 7) is 4.58. The summed E-state index contributed by atoms with van der Waals surface area (Å²) in [4.78, 5) is 123. The molecule has 396 valence electrons. The Morgan fingerprint density at radius 1 is 0.800 bits per heavy atom. The Balaban J connectivity index is 2.07. The number of hydrogen-bond donors (Lipinski definition) is 12. The molecule has 1 saturated heterocycles. The van der Waals surface area contributed by atoms with Crippen LogP contribution < -0.4 is 58.9 Å². The molecule has 0 aromatic rings. The van der Waals surface area contributed by atoms with Crippen molar-refractivity contribution >= 4 is 70.9 Å². The number of carbonyl (C=O) groups excluding carboxylic acids is 9. The molecule has 1 fully saturated rings. The number of piperazine rings is 1. The summed E-state index contributed by atoms with van der Waals surface area (Å²) >= 11 is 0.942. The van der Waals surface area contributed by atoms with Gasteiger partial charge in [0.2, 0.25) is 53.2 Å². The van der Waals surface area contributed by atoms with E-state index in [1.807, 2.05) is 7.05 Å². The van der Waals surface area contributed by atoms with Crippen molar-refractivity contribution in [3.63, 3.8) is 0 Å². The molecular weight excluding hydrogens is 925 g/mol. The maximum atomic E-state index is 14.3. The van der Waals surface area contributed by atoms with Gasteiger partial charge in [0.25, 0.3) is 0 Å². The van der Waals surface area contributed by atoms with Gasteiger partial charge in [-0.15, -0.1) is 11.8 Å². The molecule has 2 aliphatic heterocycles. The average molecular weight is 1010 g/mol. The van der Waals surface area contributed by atoms with Gasteiger partial charge in [0.1, 0.15) is 35.7 Å². The summed E-state index contributed by atoms with van der Waals surface area (Å²) in [5, 5.41) is 37.8. The lowest BCUT2D eigenvalue weighted by Crippen LogP contribution is -2.72. The quantitative estimate of drug-likeness (QED) is 0.0311. The number of aliphatic hydroxyl groups is 1. The molecule has 2 heterocycles. The number of primary amides is 1. The summed E-state index contributed by atoms with van der Waals surface area (Å²) in [6.07, 6.45) is 16.3. The smallest absolute Gasteiger partial charge is 0.248 e. The van der Waals surface area contributed by atoms with Gasteiger partial charge in [0.15, 0.2) is 5.96 Å². The summed E-state index contributed by atoms with van der Waals surface area (Å²) in [5.74, 6) is -6.15. The first-order valence-corrected chi connectivity index (χ1v) is 25.9. The summed E-state index contributed by atoms with van der Waals surface area (Å²) < 4.78 is 0. The van der Waals surface area contributed by atoms with E-state index < -0.39 is 103 Å². The SMILES string of the molecule is CN=C(NC)NCCCCCCCCCCCCCCCCC(=O)NC(C)C(=O)NC1CC2(CS/C=C\NC(=O)C(CO)NC(=O)CNC(=O)C(CC(C)C)NC1=O)NC(=O)C(CCC(N)=O)NC2=O. The number of amides is 9. The normalized spacial score (nSPS) is 22.8. The number of nitrogens with zero attached hydrogens (tertiary/aromatic N) is 1. The van der Waals surface area contributed by atoms with Gasteiger partial charge < -0.3 is 64.0 Å². The van der Waals surface area contributed by atoms with E-state index in [1.165, 1.54) is 69.9 Å². The number of hydrogen-bond acceptors (Lipinski definition) is 12. The van der Waals surface area contributed by atoms with Crippen LogP contribution in [0.3, 0.4) is 0 Å². The van der Waals surface area contributed by atoms with E-state index in [4.69, 9.17) is 5.73 Å². The lowest BCUT2D eigenvalue weighted by molar-refractivity contribution is -0.143. The van der Waals surface area contributed by atoms with E-state index in [0.29, 0.717) is 6.42 Å². The van der Waals surface area contributed by atoms with E-state index in [0.717, 1.165) is 56.4 Å². The molecular formula is C47H82N12O10S. The molecule has 0 aromatic carbocycles. The Morgan fingerprint density at radius 2 is 1.41 bits per heavy atom. The van der Waals surface area contributed by atoms with Crippen LogP contribution in [0, 0.1) is 5.92 Å². The van der Waals surface area contributed by atoms with Crippen molar-refractivity contribution < 1.29 is 48.3 Å². The Bertz CT molecular complexity index is 1790. The maximum absolute atomic E-state index is 14.3. The van der Waals surface area contributed by atoms with Gasteiger partial charge in [0.05, 0.1) is 13.2 Å². The van der Waals surface area contributed by atoms with Crippen LogP contribution in [0.1, 0.15) is 143 Å².